The van der Waals surface area contributed by atoms with Crippen molar-refractivity contribution < 1.29 is 18.8 Å². The van der Waals surface area contributed by atoms with Crippen LogP contribution in [0.25, 0.3) is 0 Å². The summed E-state index contributed by atoms with van der Waals surface area (Å²) in [5.41, 5.74) is -0.0757. The molecule has 0 bridgehead atoms. The van der Waals surface area contributed by atoms with E-state index in [0.717, 1.165) is 19.3 Å². The fraction of sp³-hybridized carbons (Fsp3) is 0.864. The SMILES string of the molecule is CCCCC(C)(/C=C(\C)CC(C)(C)C(=O)OCC)B1OC(C)(C)C(C)(C)O1. The van der Waals surface area contributed by atoms with Gasteiger partial charge in [0.25, 0.3) is 0 Å². The number of esters is 1. The largest absolute Gasteiger partial charge is 0.468 e. The molecular formula is C22H41BO4. The van der Waals surface area contributed by atoms with Crippen LogP contribution < -0.4 is 0 Å². The monoisotopic (exact) mass is 380 g/mol. The molecular weight excluding hydrogens is 339 g/mol. The highest BCUT2D eigenvalue weighted by Crippen LogP contribution is 2.49. The van der Waals surface area contributed by atoms with Crippen molar-refractivity contribution in [2.45, 2.75) is 111 Å². The van der Waals surface area contributed by atoms with Crippen molar-refractivity contribution in [1.82, 2.24) is 0 Å². The van der Waals surface area contributed by atoms with Crippen LogP contribution >= 0.6 is 0 Å². The quantitative estimate of drug-likeness (QED) is 0.281. The molecule has 0 amide bonds. The molecule has 0 aromatic carbocycles. The summed E-state index contributed by atoms with van der Waals surface area (Å²) >= 11 is 0. The smallest absolute Gasteiger partial charge is 0.466 e. The van der Waals surface area contributed by atoms with Gasteiger partial charge in [-0.15, -0.1) is 0 Å². The summed E-state index contributed by atoms with van der Waals surface area (Å²) in [4.78, 5) is 12.3. The van der Waals surface area contributed by atoms with Gasteiger partial charge in [-0.05, 0) is 68.2 Å². The first kappa shape index (κ1) is 24.2. The van der Waals surface area contributed by atoms with Crippen molar-refractivity contribution in [2.24, 2.45) is 5.41 Å². The molecule has 0 aromatic heterocycles. The van der Waals surface area contributed by atoms with Crippen LogP contribution in [0.5, 0.6) is 0 Å². The van der Waals surface area contributed by atoms with Gasteiger partial charge in [-0.3, -0.25) is 4.79 Å². The lowest BCUT2D eigenvalue weighted by Gasteiger charge is -2.32. The van der Waals surface area contributed by atoms with Crippen molar-refractivity contribution >= 4 is 13.1 Å². The lowest BCUT2D eigenvalue weighted by molar-refractivity contribution is -0.153. The average Bonchev–Trinajstić information content (AvgIpc) is 2.73. The number of rotatable bonds is 9. The predicted molar refractivity (Wildman–Crippen MR) is 113 cm³/mol. The molecule has 1 aliphatic rings. The number of hydrogen-bond acceptors (Lipinski definition) is 4. The first-order chi connectivity index (χ1) is 12.2. The number of allylic oxidation sites excluding steroid dienone is 2. The van der Waals surface area contributed by atoms with Crippen molar-refractivity contribution in [2.75, 3.05) is 6.61 Å². The van der Waals surface area contributed by atoms with Gasteiger partial charge in [0.2, 0.25) is 0 Å². The van der Waals surface area contributed by atoms with Crippen molar-refractivity contribution in [3.63, 3.8) is 0 Å². The van der Waals surface area contributed by atoms with Gasteiger partial charge in [0.05, 0.1) is 23.2 Å². The maximum absolute atomic E-state index is 12.3. The lowest BCUT2D eigenvalue weighted by atomic mass is 9.55. The average molecular weight is 380 g/mol. The van der Waals surface area contributed by atoms with E-state index in [1.54, 1.807) is 0 Å². The first-order valence-corrected chi connectivity index (χ1v) is 10.4. The summed E-state index contributed by atoms with van der Waals surface area (Å²) in [5.74, 6) is -0.149. The Morgan fingerprint density at radius 1 is 1.07 bits per heavy atom. The maximum Gasteiger partial charge on any atom is 0.468 e. The summed E-state index contributed by atoms with van der Waals surface area (Å²) in [7, 11) is -0.297. The fourth-order valence-electron chi connectivity index (χ4n) is 3.64. The molecule has 1 aliphatic heterocycles. The van der Waals surface area contributed by atoms with Crippen LogP contribution in [0.2, 0.25) is 5.31 Å². The van der Waals surface area contributed by atoms with Crippen LogP contribution in [-0.4, -0.2) is 30.9 Å². The summed E-state index contributed by atoms with van der Waals surface area (Å²) in [6, 6.07) is 0. The first-order valence-electron chi connectivity index (χ1n) is 10.4. The highest BCUT2D eigenvalue weighted by Gasteiger charge is 2.57. The summed E-state index contributed by atoms with van der Waals surface area (Å²) in [6.07, 6.45) is 6.14. The molecule has 1 saturated heterocycles. The molecule has 1 atom stereocenters. The lowest BCUT2D eigenvalue weighted by Crippen LogP contribution is -2.41. The molecule has 4 nitrogen and oxygen atoms in total. The zero-order chi connectivity index (χ0) is 21.1. The number of hydrogen-bond donors (Lipinski definition) is 0. The van der Waals surface area contributed by atoms with Gasteiger partial charge in [-0.25, -0.2) is 0 Å². The van der Waals surface area contributed by atoms with Crippen molar-refractivity contribution in [3.05, 3.63) is 11.6 Å². The van der Waals surface area contributed by atoms with E-state index in [4.69, 9.17) is 14.0 Å². The highest BCUT2D eigenvalue weighted by molar-refractivity contribution is 6.50. The third-order valence-corrected chi connectivity index (χ3v) is 5.99. The van der Waals surface area contributed by atoms with Crippen molar-refractivity contribution in [1.29, 1.82) is 0 Å². The minimum absolute atomic E-state index is 0.149. The van der Waals surface area contributed by atoms with Gasteiger partial charge >= 0.3 is 13.1 Å². The normalized spacial score (nSPS) is 21.9. The Morgan fingerprint density at radius 2 is 1.59 bits per heavy atom. The summed E-state index contributed by atoms with van der Waals surface area (Å²) in [5, 5.41) is -0.240. The predicted octanol–water partition coefficient (Wildman–Crippen LogP) is 5.95. The van der Waals surface area contributed by atoms with Crippen LogP contribution in [-0.2, 0) is 18.8 Å². The Morgan fingerprint density at radius 3 is 2.04 bits per heavy atom. The third-order valence-electron chi connectivity index (χ3n) is 5.99. The van der Waals surface area contributed by atoms with E-state index in [2.05, 4.69) is 54.5 Å². The minimum atomic E-state index is -0.543. The third kappa shape index (κ3) is 5.84. The van der Waals surface area contributed by atoms with Crippen LogP contribution in [0.3, 0.4) is 0 Å². The molecule has 1 unspecified atom stereocenters. The molecule has 27 heavy (non-hydrogen) atoms. The Bertz CT molecular complexity index is 535. The van der Waals surface area contributed by atoms with Gasteiger partial charge in [-0.2, -0.15) is 0 Å². The maximum atomic E-state index is 12.3. The van der Waals surface area contributed by atoms with E-state index >= 15 is 0 Å². The van der Waals surface area contributed by atoms with Crippen LogP contribution in [0.15, 0.2) is 11.6 Å². The molecule has 0 saturated carbocycles. The molecule has 1 heterocycles. The van der Waals surface area contributed by atoms with Crippen molar-refractivity contribution in [3.8, 4) is 0 Å². The van der Waals surface area contributed by atoms with Crippen LogP contribution in [0.1, 0.15) is 94.9 Å². The number of ether oxygens (including phenoxy) is 1. The van der Waals surface area contributed by atoms with E-state index in [9.17, 15) is 4.79 Å². The topological polar surface area (TPSA) is 44.8 Å². The Balaban J connectivity index is 3.09. The van der Waals surface area contributed by atoms with Gasteiger partial charge in [0, 0.05) is 5.31 Å². The van der Waals surface area contributed by atoms with E-state index < -0.39 is 5.41 Å². The molecule has 156 valence electrons. The number of carbonyl (C=O) groups is 1. The molecule has 0 radical (unpaired) electrons. The fourth-order valence-corrected chi connectivity index (χ4v) is 3.64. The Kier molecular flexibility index (Phi) is 7.80. The minimum Gasteiger partial charge on any atom is -0.466 e. The zero-order valence-electron chi connectivity index (χ0n) is 19.3. The van der Waals surface area contributed by atoms with Crippen LogP contribution in [0, 0.1) is 5.41 Å². The standard InChI is InChI=1S/C22H41BO4/c1-11-13-14-22(10,23-26-20(6,7)21(8,9)27-23)16-17(3)15-19(4,5)18(24)25-12-2/h16H,11-15H2,1-10H3/b17-16+. The second-order valence-electron chi connectivity index (χ2n) is 9.97. The Hall–Kier alpha value is -0.805. The molecule has 0 spiro atoms. The second-order valence-corrected chi connectivity index (χ2v) is 9.97. The molecule has 1 rings (SSSR count). The molecule has 0 aliphatic carbocycles. The van der Waals surface area contributed by atoms with Gasteiger partial charge in [0.15, 0.2) is 0 Å². The second kappa shape index (κ2) is 8.69. The summed E-state index contributed by atoms with van der Waals surface area (Å²) < 4.78 is 18.0. The molecule has 0 aromatic rings. The van der Waals surface area contributed by atoms with Gasteiger partial charge < -0.3 is 14.0 Å². The van der Waals surface area contributed by atoms with Gasteiger partial charge in [-0.1, -0.05) is 38.3 Å². The van der Waals surface area contributed by atoms with E-state index in [1.165, 1.54) is 5.57 Å². The Labute approximate surface area is 167 Å². The summed E-state index contributed by atoms with van der Waals surface area (Å²) in [6.45, 7) is 21.0. The van der Waals surface area contributed by atoms with Crippen LogP contribution in [0.4, 0.5) is 0 Å². The molecule has 5 heteroatoms. The zero-order valence-corrected chi connectivity index (χ0v) is 19.3. The van der Waals surface area contributed by atoms with Gasteiger partial charge in [0.1, 0.15) is 0 Å². The van der Waals surface area contributed by atoms with E-state index in [-0.39, 0.29) is 29.6 Å². The molecule has 1 fully saturated rings. The number of unbranched alkanes of at least 4 members (excludes halogenated alkanes) is 1. The molecule has 0 N–H and O–H groups in total. The number of carbonyl (C=O) groups excluding carboxylic acids is 1. The van der Waals surface area contributed by atoms with E-state index in [0.29, 0.717) is 13.0 Å². The van der Waals surface area contributed by atoms with E-state index in [1.807, 2.05) is 20.8 Å². The highest BCUT2D eigenvalue weighted by atomic mass is 16.7.